The van der Waals surface area contributed by atoms with Crippen molar-refractivity contribution < 1.29 is 18.8 Å². The maximum absolute atomic E-state index is 13.4. The Bertz CT molecular complexity index is 1680. The van der Waals surface area contributed by atoms with Gasteiger partial charge in [-0.1, -0.05) is 44.8 Å². The Morgan fingerprint density at radius 3 is 2.72 bits per heavy atom. The first-order valence-corrected chi connectivity index (χ1v) is 13.2. The maximum atomic E-state index is 13.4. The van der Waals surface area contributed by atoms with Gasteiger partial charge in [0.15, 0.2) is 6.61 Å². The molecule has 0 radical (unpaired) electrons. The summed E-state index contributed by atoms with van der Waals surface area (Å²) in [7, 11) is 0. The number of fused-ring (bicyclic) bond motifs is 1. The van der Waals surface area contributed by atoms with Crippen LogP contribution in [0.3, 0.4) is 0 Å². The molecule has 39 heavy (non-hydrogen) atoms. The molecule has 1 aromatic heterocycles. The number of anilines is 1. The maximum Gasteiger partial charge on any atom is 0.312 e. The second-order valence-electron chi connectivity index (χ2n) is 8.25. The molecule has 1 N–H and O–H groups in total. The van der Waals surface area contributed by atoms with E-state index in [2.05, 4.69) is 47.3 Å². The van der Waals surface area contributed by atoms with Crippen LogP contribution in [-0.4, -0.2) is 33.3 Å². The molecule has 1 amide bonds. The van der Waals surface area contributed by atoms with Crippen LogP contribution < -0.4 is 15.6 Å². The van der Waals surface area contributed by atoms with Crippen molar-refractivity contribution in [3.63, 3.8) is 0 Å². The summed E-state index contributed by atoms with van der Waals surface area (Å²) < 4.78 is 21.2. The number of aromatic nitrogens is 2. The van der Waals surface area contributed by atoms with Crippen molar-refractivity contribution in [1.82, 2.24) is 9.66 Å². The van der Waals surface area contributed by atoms with Gasteiger partial charge in [0.1, 0.15) is 11.6 Å². The molecule has 0 atom stereocenters. The minimum atomic E-state index is -0.661. The second kappa shape index (κ2) is 12.3. The predicted octanol–water partition coefficient (Wildman–Crippen LogP) is 5.82. The Morgan fingerprint density at radius 1 is 1.21 bits per heavy atom. The molecule has 200 valence electrons. The molecule has 3 aromatic carbocycles. The highest BCUT2D eigenvalue weighted by Crippen LogP contribution is 2.34. The number of carbonyl (C=O) groups is 1. The molecule has 0 spiro atoms. The van der Waals surface area contributed by atoms with E-state index in [0.29, 0.717) is 38.5 Å². The highest BCUT2D eigenvalue weighted by Gasteiger charge is 2.22. The summed E-state index contributed by atoms with van der Waals surface area (Å²) in [5, 5.41) is 18.9. The largest absolute Gasteiger partial charge is 0.476 e. The number of aryl methyl sites for hydroxylation is 1. The summed E-state index contributed by atoms with van der Waals surface area (Å²) in [6.45, 7) is 1.33. The molecule has 0 aliphatic heterocycles. The van der Waals surface area contributed by atoms with E-state index in [1.54, 1.807) is 18.2 Å². The summed E-state index contributed by atoms with van der Waals surface area (Å²) in [5.74, 6) is -1.02. The first-order chi connectivity index (χ1) is 18.7. The average molecular weight is 661 g/mol. The molecule has 0 saturated heterocycles. The van der Waals surface area contributed by atoms with Gasteiger partial charge in [-0.15, -0.1) is 0 Å². The molecule has 0 aliphatic carbocycles. The third-order valence-electron chi connectivity index (χ3n) is 5.38. The van der Waals surface area contributed by atoms with Crippen molar-refractivity contribution in [2.75, 3.05) is 11.9 Å². The van der Waals surface area contributed by atoms with Gasteiger partial charge in [0.2, 0.25) is 5.75 Å². The van der Waals surface area contributed by atoms with E-state index in [4.69, 9.17) is 4.74 Å². The first-order valence-electron chi connectivity index (χ1n) is 11.6. The number of nitro benzene ring substituents is 1. The Hall–Kier alpha value is -3.97. The Kier molecular flexibility index (Phi) is 8.82. The standard InChI is InChI=1S/C26H20Br2FN5O5/c1-2-4-23-32-21-8-7-16(27)10-20(21)26(36)33(23)30-13-15-9-17(28)11-22(34(37)38)25(15)39-14-24(35)31-19-6-3-5-18(29)12-19/h3,5-13H,2,4,14H2,1H3,(H,31,35). The fourth-order valence-electron chi connectivity index (χ4n) is 3.71. The van der Waals surface area contributed by atoms with Gasteiger partial charge in [-0.2, -0.15) is 9.78 Å². The predicted molar refractivity (Wildman–Crippen MR) is 152 cm³/mol. The number of halogens is 3. The summed E-state index contributed by atoms with van der Waals surface area (Å²) >= 11 is 6.60. The van der Waals surface area contributed by atoms with E-state index in [1.165, 1.54) is 36.5 Å². The summed E-state index contributed by atoms with van der Waals surface area (Å²) in [5.41, 5.74) is 0.0188. The summed E-state index contributed by atoms with van der Waals surface area (Å²) in [4.78, 5) is 41.4. The topological polar surface area (TPSA) is 129 Å². The highest BCUT2D eigenvalue weighted by atomic mass is 79.9. The number of ether oxygens (including phenoxy) is 1. The number of nitro groups is 1. The lowest BCUT2D eigenvalue weighted by Gasteiger charge is -2.12. The number of hydrogen-bond donors (Lipinski definition) is 1. The molecule has 0 fully saturated rings. The lowest BCUT2D eigenvalue weighted by molar-refractivity contribution is -0.385. The molecular formula is C26H20Br2FN5O5. The van der Waals surface area contributed by atoms with E-state index >= 15 is 0 Å². The van der Waals surface area contributed by atoms with Crippen molar-refractivity contribution >= 4 is 66.3 Å². The van der Waals surface area contributed by atoms with Gasteiger partial charge >= 0.3 is 5.69 Å². The average Bonchev–Trinajstić information content (AvgIpc) is 2.88. The smallest absolute Gasteiger partial charge is 0.312 e. The molecule has 0 unspecified atom stereocenters. The zero-order chi connectivity index (χ0) is 28.1. The van der Waals surface area contributed by atoms with Crippen LogP contribution in [0, 0.1) is 15.9 Å². The van der Waals surface area contributed by atoms with Crippen LogP contribution in [0.4, 0.5) is 15.8 Å². The van der Waals surface area contributed by atoms with Crippen molar-refractivity contribution in [3.05, 3.63) is 101 Å². The number of carbonyl (C=O) groups excluding carboxylic acids is 1. The molecule has 0 saturated carbocycles. The lowest BCUT2D eigenvalue weighted by atomic mass is 10.2. The van der Waals surface area contributed by atoms with E-state index < -0.39 is 34.5 Å². The zero-order valence-electron chi connectivity index (χ0n) is 20.4. The van der Waals surface area contributed by atoms with Crippen molar-refractivity contribution in [3.8, 4) is 5.75 Å². The van der Waals surface area contributed by atoms with Gasteiger partial charge in [0.25, 0.3) is 11.5 Å². The SMILES string of the molecule is CCCc1nc2ccc(Br)cc2c(=O)n1N=Cc1cc(Br)cc([N+](=O)[O-])c1OCC(=O)Nc1cccc(F)c1. The van der Waals surface area contributed by atoms with Crippen molar-refractivity contribution in [2.24, 2.45) is 5.10 Å². The molecule has 0 bridgehead atoms. The Balaban J connectivity index is 1.72. The molecule has 13 heteroatoms. The minimum Gasteiger partial charge on any atom is -0.476 e. The molecule has 4 aromatic rings. The minimum absolute atomic E-state index is 0.137. The monoisotopic (exact) mass is 659 g/mol. The quantitative estimate of drug-likeness (QED) is 0.137. The first kappa shape index (κ1) is 28.0. The van der Waals surface area contributed by atoms with E-state index in [-0.39, 0.29) is 17.0 Å². The molecule has 0 aliphatic rings. The summed E-state index contributed by atoms with van der Waals surface area (Å²) in [6.07, 6.45) is 2.39. The van der Waals surface area contributed by atoms with Crippen molar-refractivity contribution in [1.29, 1.82) is 0 Å². The molecule has 1 heterocycles. The van der Waals surface area contributed by atoms with Gasteiger partial charge in [-0.25, -0.2) is 9.37 Å². The van der Waals surface area contributed by atoms with Crippen molar-refractivity contribution in [2.45, 2.75) is 19.8 Å². The van der Waals surface area contributed by atoms with E-state index in [0.717, 1.165) is 10.7 Å². The molecule has 10 nitrogen and oxygen atoms in total. The number of amides is 1. The number of nitrogens with zero attached hydrogens (tertiary/aromatic N) is 4. The van der Waals surface area contributed by atoms with Crippen LogP contribution in [0.1, 0.15) is 24.7 Å². The van der Waals surface area contributed by atoms with Gasteiger partial charge < -0.3 is 10.1 Å². The van der Waals surface area contributed by atoms with Crippen LogP contribution in [-0.2, 0) is 11.2 Å². The van der Waals surface area contributed by atoms with E-state index in [1.807, 2.05) is 6.92 Å². The number of nitrogens with one attached hydrogen (secondary N) is 1. The zero-order valence-corrected chi connectivity index (χ0v) is 23.5. The highest BCUT2D eigenvalue weighted by molar-refractivity contribution is 9.10. The third-order valence-corrected chi connectivity index (χ3v) is 6.33. The number of hydrogen-bond acceptors (Lipinski definition) is 7. The van der Waals surface area contributed by atoms with Crippen LogP contribution in [0.5, 0.6) is 5.75 Å². The number of rotatable bonds is 9. The normalized spacial score (nSPS) is 11.2. The van der Waals surface area contributed by atoms with Gasteiger partial charge in [0.05, 0.1) is 22.0 Å². The Morgan fingerprint density at radius 2 is 2.00 bits per heavy atom. The van der Waals surface area contributed by atoms with Gasteiger partial charge in [0, 0.05) is 32.7 Å². The Labute approximate surface area is 237 Å². The lowest BCUT2D eigenvalue weighted by Crippen LogP contribution is -2.23. The second-order valence-corrected chi connectivity index (χ2v) is 10.1. The fraction of sp³-hybridized carbons (Fsp3) is 0.154. The summed E-state index contributed by atoms with van der Waals surface area (Å²) in [6, 6.07) is 13.1. The van der Waals surface area contributed by atoms with Gasteiger partial charge in [-0.05, 0) is 48.9 Å². The van der Waals surface area contributed by atoms with Crippen LogP contribution in [0.25, 0.3) is 10.9 Å². The van der Waals surface area contributed by atoms with Crippen LogP contribution >= 0.6 is 31.9 Å². The van der Waals surface area contributed by atoms with E-state index in [9.17, 15) is 24.1 Å². The number of benzene rings is 3. The molecule has 4 rings (SSSR count). The molecular weight excluding hydrogens is 641 g/mol. The van der Waals surface area contributed by atoms with Gasteiger partial charge in [-0.3, -0.25) is 19.7 Å². The van der Waals surface area contributed by atoms with Crippen LogP contribution in [0.15, 0.2) is 73.4 Å². The fourth-order valence-corrected chi connectivity index (χ4v) is 4.53. The van der Waals surface area contributed by atoms with Crippen LogP contribution in [0.2, 0.25) is 0 Å². The third kappa shape index (κ3) is 6.73.